The van der Waals surface area contributed by atoms with Gasteiger partial charge < -0.3 is 9.47 Å². The summed E-state index contributed by atoms with van der Waals surface area (Å²) in [6.45, 7) is 0. The third-order valence-electron chi connectivity index (χ3n) is 1.85. The summed E-state index contributed by atoms with van der Waals surface area (Å²) in [6.07, 6.45) is -0.994. The average molecular weight is 233 g/mol. The Kier molecular flexibility index (Phi) is 4.20. The molecule has 0 aliphatic rings. The number of halogens is 2. The van der Waals surface area contributed by atoms with Crippen LogP contribution in [0, 0.1) is 5.82 Å². The molecule has 0 amide bonds. The number of ether oxygens (including phenoxy) is 2. The molecule has 0 spiro atoms. The fourth-order valence-corrected chi connectivity index (χ4v) is 1.28. The lowest BCUT2D eigenvalue weighted by Gasteiger charge is -2.11. The lowest BCUT2D eigenvalue weighted by Crippen LogP contribution is -2.24. The van der Waals surface area contributed by atoms with Gasteiger partial charge in [0.05, 0.1) is 5.02 Å². The smallest absolute Gasteiger partial charge is 0.222 e. The summed E-state index contributed by atoms with van der Waals surface area (Å²) in [7, 11) is 2.69. The van der Waals surface area contributed by atoms with Crippen LogP contribution in [0.5, 0.6) is 0 Å². The van der Waals surface area contributed by atoms with Gasteiger partial charge in [0.1, 0.15) is 5.82 Å². The van der Waals surface area contributed by atoms with Gasteiger partial charge in [-0.25, -0.2) is 4.39 Å². The van der Waals surface area contributed by atoms with E-state index in [9.17, 15) is 9.18 Å². The highest BCUT2D eigenvalue weighted by molar-refractivity contribution is 6.31. The van der Waals surface area contributed by atoms with E-state index in [0.717, 1.165) is 6.07 Å². The highest BCUT2D eigenvalue weighted by Crippen LogP contribution is 2.17. The van der Waals surface area contributed by atoms with E-state index >= 15 is 0 Å². The Bertz CT molecular complexity index is 364. The number of ketones is 1. The van der Waals surface area contributed by atoms with Crippen LogP contribution >= 0.6 is 11.6 Å². The summed E-state index contributed by atoms with van der Waals surface area (Å²) >= 11 is 5.54. The number of Topliss-reactive ketones (excluding diaryl/α,β-unsaturated/α-hetero) is 1. The molecular formula is C10H10ClFO3. The second-order valence-corrected chi connectivity index (χ2v) is 3.20. The van der Waals surface area contributed by atoms with Crippen molar-refractivity contribution >= 4 is 17.4 Å². The maximum atomic E-state index is 12.8. The van der Waals surface area contributed by atoms with E-state index in [1.807, 2.05) is 0 Å². The van der Waals surface area contributed by atoms with E-state index in [2.05, 4.69) is 0 Å². The molecule has 1 rings (SSSR count). The zero-order chi connectivity index (χ0) is 11.4. The van der Waals surface area contributed by atoms with Crippen LogP contribution in [0.2, 0.25) is 5.02 Å². The van der Waals surface area contributed by atoms with E-state index in [-0.39, 0.29) is 10.6 Å². The van der Waals surface area contributed by atoms with Crippen LogP contribution in [0.3, 0.4) is 0 Å². The molecule has 82 valence electrons. The predicted octanol–water partition coefficient (Wildman–Crippen LogP) is 2.28. The fourth-order valence-electron chi connectivity index (χ4n) is 1.10. The van der Waals surface area contributed by atoms with Gasteiger partial charge in [0.15, 0.2) is 0 Å². The molecule has 5 heteroatoms. The van der Waals surface area contributed by atoms with Gasteiger partial charge in [-0.2, -0.15) is 0 Å². The molecule has 0 radical (unpaired) electrons. The quantitative estimate of drug-likeness (QED) is 0.590. The van der Waals surface area contributed by atoms with Gasteiger partial charge in [-0.3, -0.25) is 4.79 Å². The predicted molar refractivity (Wildman–Crippen MR) is 53.5 cm³/mol. The molecule has 0 atom stereocenters. The zero-order valence-electron chi connectivity index (χ0n) is 8.29. The zero-order valence-corrected chi connectivity index (χ0v) is 9.05. The van der Waals surface area contributed by atoms with Crippen molar-refractivity contribution in [3.8, 4) is 0 Å². The van der Waals surface area contributed by atoms with Crippen LogP contribution in [0.4, 0.5) is 4.39 Å². The summed E-state index contributed by atoms with van der Waals surface area (Å²) in [6, 6.07) is 3.69. The minimum absolute atomic E-state index is 0.105. The molecule has 0 aliphatic carbocycles. The monoisotopic (exact) mass is 232 g/mol. The van der Waals surface area contributed by atoms with Gasteiger partial charge in [-0.15, -0.1) is 0 Å². The van der Waals surface area contributed by atoms with Crippen molar-refractivity contribution in [1.29, 1.82) is 0 Å². The Hall–Kier alpha value is -0.970. The Morgan fingerprint density at radius 2 is 2.00 bits per heavy atom. The van der Waals surface area contributed by atoms with Gasteiger partial charge in [0.2, 0.25) is 12.1 Å². The lowest BCUT2D eigenvalue weighted by atomic mass is 10.1. The van der Waals surface area contributed by atoms with Crippen molar-refractivity contribution in [3.05, 3.63) is 34.6 Å². The van der Waals surface area contributed by atoms with Gasteiger partial charge in [-0.05, 0) is 18.2 Å². The third kappa shape index (κ3) is 2.75. The maximum absolute atomic E-state index is 12.8. The van der Waals surface area contributed by atoms with Crippen LogP contribution in [0.1, 0.15) is 10.4 Å². The SMILES string of the molecule is COC(OC)C(=O)c1ccc(F)c(Cl)c1. The molecule has 0 aromatic heterocycles. The summed E-state index contributed by atoms with van der Waals surface area (Å²) in [5, 5.41) is -0.105. The molecule has 0 unspecified atom stereocenters. The standard InChI is InChI=1S/C10H10ClFO3/c1-14-10(15-2)9(13)6-3-4-8(12)7(11)5-6/h3-5,10H,1-2H3. The first-order valence-electron chi connectivity index (χ1n) is 4.15. The van der Waals surface area contributed by atoms with Crippen molar-refractivity contribution in [2.24, 2.45) is 0 Å². The van der Waals surface area contributed by atoms with Crippen LogP contribution < -0.4 is 0 Å². The van der Waals surface area contributed by atoms with Crippen molar-refractivity contribution in [1.82, 2.24) is 0 Å². The number of carbonyl (C=O) groups excluding carboxylic acids is 1. The van der Waals surface area contributed by atoms with E-state index in [4.69, 9.17) is 21.1 Å². The van der Waals surface area contributed by atoms with Gasteiger partial charge in [-0.1, -0.05) is 11.6 Å². The normalized spacial score (nSPS) is 10.7. The van der Waals surface area contributed by atoms with Crippen molar-refractivity contribution in [2.75, 3.05) is 14.2 Å². The topological polar surface area (TPSA) is 35.5 Å². The number of hydrogen-bond acceptors (Lipinski definition) is 3. The van der Waals surface area contributed by atoms with Crippen LogP contribution in [-0.2, 0) is 9.47 Å². The van der Waals surface area contributed by atoms with E-state index in [1.54, 1.807) is 0 Å². The molecule has 0 heterocycles. The Balaban J connectivity index is 2.96. The highest BCUT2D eigenvalue weighted by atomic mass is 35.5. The molecular weight excluding hydrogens is 223 g/mol. The van der Waals surface area contributed by atoms with E-state index in [0.29, 0.717) is 0 Å². The first kappa shape index (κ1) is 12.1. The summed E-state index contributed by atoms with van der Waals surface area (Å²) in [4.78, 5) is 11.6. The number of hydrogen-bond donors (Lipinski definition) is 0. The first-order valence-corrected chi connectivity index (χ1v) is 4.52. The molecule has 0 bridgehead atoms. The molecule has 15 heavy (non-hydrogen) atoms. The Morgan fingerprint density at radius 3 is 2.47 bits per heavy atom. The number of carbonyl (C=O) groups is 1. The second-order valence-electron chi connectivity index (χ2n) is 2.80. The first-order chi connectivity index (χ1) is 7.10. The molecule has 1 aromatic carbocycles. The van der Waals surface area contributed by atoms with Crippen molar-refractivity contribution in [3.63, 3.8) is 0 Å². The van der Waals surface area contributed by atoms with Crippen LogP contribution in [0.25, 0.3) is 0 Å². The van der Waals surface area contributed by atoms with Crippen LogP contribution in [-0.4, -0.2) is 26.3 Å². The third-order valence-corrected chi connectivity index (χ3v) is 2.14. The molecule has 0 saturated heterocycles. The van der Waals surface area contributed by atoms with Gasteiger partial charge in [0.25, 0.3) is 0 Å². The lowest BCUT2D eigenvalue weighted by molar-refractivity contribution is -0.0742. The Labute approximate surface area is 91.7 Å². The summed E-state index contributed by atoms with van der Waals surface area (Å²) in [5.41, 5.74) is 0.245. The summed E-state index contributed by atoms with van der Waals surface area (Å²) < 4.78 is 22.4. The number of benzene rings is 1. The summed E-state index contributed by atoms with van der Waals surface area (Å²) in [5.74, 6) is -0.971. The minimum atomic E-state index is -0.994. The number of methoxy groups -OCH3 is 2. The van der Waals surface area contributed by atoms with Crippen LogP contribution in [0.15, 0.2) is 18.2 Å². The average Bonchev–Trinajstić information content (AvgIpc) is 2.23. The fraction of sp³-hybridized carbons (Fsp3) is 0.300. The van der Waals surface area contributed by atoms with E-state index in [1.165, 1.54) is 26.4 Å². The maximum Gasteiger partial charge on any atom is 0.222 e. The minimum Gasteiger partial charge on any atom is -0.349 e. The largest absolute Gasteiger partial charge is 0.349 e. The highest BCUT2D eigenvalue weighted by Gasteiger charge is 2.19. The molecule has 1 aromatic rings. The number of rotatable bonds is 4. The molecule has 0 fully saturated rings. The Morgan fingerprint density at radius 1 is 1.40 bits per heavy atom. The molecule has 0 aliphatic heterocycles. The van der Waals surface area contributed by atoms with Gasteiger partial charge in [0, 0.05) is 19.8 Å². The molecule has 3 nitrogen and oxygen atoms in total. The van der Waals surface area contributed by atoms with Gasteiger partial charge >= 0.3 is 0 Å². The second kappa shape index (κ2) is 5.21. The van der Waals surface area contributed by atoms with Crippen molar-refractivity contribution in [2.45, 2.75) is 6.29 Å². The molecule has 0 N–H and O–H groups in total. The van der Waals surface area contributed by atoms with E-state index < -0.39 is 17.9 Å². The molecule has 0 saturated carbocycles. The van der Waals surface area contributed by atoms with Crippen molar-refractivity contribution < 1.29 is 18.7 Å².